The van der Waals surface area contributed by atoms with Crippen LogP contribution in [0, 0.1) is 0 Å². The standard InChI is InChI=1S/C21H19N9O5S3/c22-20-23-12(9-37-20)13(27-35-6-10-4-2-1-3-5-10)16(31)24-14-17(32)30-15(19(33)34)11(7-36-18(14)30)8-38-21-25-28-29-26-21/h1-5,9,14,18H,6-8H2,(H2,22,23)(H,24,31)(H,33,34)(H,25,26,28,29)/b27-13+/t14?,18-/m1/s1. The number of nitrogens with zero attached hydrogens (tertiary/aromatic N) is 6. The molecule has 5 rings (SSSR count). The van der Waals surface area contributed by atoms with E-state index in [9.17, 15) is 19.5 Å². The molecule has 1 fully saturated rings. The molecule has 0 saturated carbocycles. The fourth-order valence-electron chi connectivity index (χ4n) is 3.72. The van der Waals surface area contributed by atoms with E-state index in [-0.39, 0.29) is 34.6 Å². The van der Waals surface area contributed by atoms with Gasteiger partial charge >= 0.3 is 5.97 Å². The minimum absolute atomic E-state index is 0.100. The highest BCUT2D eigenvalue weighted by molar-refractivity contribution is 8.01. The molecule has 196 valence electrons. The lowest BCUT2D eigenvalue weighted by Crippen LogP contribution is -2.71. The maximum absolute atomic E-state index is 13.2. The number of fused-ring (bicyclic) bond motifs is 1. The van der Waals surface area contributed by atoms with E-state index in [0.29, 0.717) is 16.5 Å². The number of benzene rings is 1. The number of amides is 2. The van der Waals surface area contributed by atoms with E-state index in [4.69, 9.17) is 10.6 Å². The molecule has 5 N–H and O–H groups in total. The Morgan fingerprint density at radius 2 is 2.16 bits per heavy atom. The number of anilines is 1. The zero-order valence-electron chi connectivity index (χ0n) is 19.3. The molecule has 38 heavy (non-hydrogen) atoms. The molecule has 1 unspecified atom stereocenters. The van der Waals surface area contributed by atoms with Crippen molar-refractivity contribution >= 4 is 63.5 Å². The molecule has 2 aliphatic rings. The molecular formula is C21H19N9O5S3. The third-order valence-corrected chi connectivity index (χ3v) is 8.41. The molecule has 2 aromatic heterocycles. The molecule has 0 aliphatic carbocycles. The molecule has 2 atom stereocenters. The van der Waals surface area contributed by atoms with Gasteiger partial charge in [0.1, 0.15) is 29.4 Å². The van der Waals surface area contributed by atoms with Crippen LogP contribution < -0.4 is 11.1 Å². The van der Waals surface area contributed by atoms with Gasteiger partial charge in [-0.3, -0.25) is 14.5 Å². The van der Waals surface area contributed by atoms with E-state index in [1.54, 1.807) is 5.38 Å². The van der Waals surface area contributed by atoms with Gasteiger partial charge in [0.25, 0.3) is 11.8 Å². The number of rotatable bonds is 10. The van der Waals surface area contributed by atoms with Gasteiger partial charge in [0.2, 0.25) is 5.16 Å². The third-order valence-electron chi connectivity index (χ3n) is 5.45. The van der Waals surface area contributed by atoms with Crippen LogP contribution >= 0.6 is 34.9 Å². The van der Waals surface area contributed by atoms with Crippen molar-refractivity contribution < 1.29 is 24.3 Å². The maximum atomic E-state index is 13.2. The van der Waals surface area contributed by atoms with Crippen LogP contribution in [-0.4, -0.2) is 82.0 Å². The summed E-state index contributed by atoms with van der Waals surface area (Å²) < 4.78 is 0. The van der Waals surface area contributed by atoms with Crippen molar-refractivity contribution in [2.24, 2.45) is 5.16 Å². The number of β-lactam (4-membered cyclic amide) rings is 1. The van der Waals surface area contributed by atoms with Gasteiger partial charge in [0, 0.05) is 16.9 Å². The van der Waals surface area contributed by atoms with Crippen LogP contribution in [0.25, 0.3) is 0 Å². The van der Waals surface area contributed by atoms with Crippen LogP contribution in [0.1, 0.15) is 11.3 Å². The lowest BCUT2D eigenvalue weighted by Gasteiger charge is -2.49. The summed E-state index contributed by atoms with van der Waals surface area (Å²) in [4.78, 5) is 49.0. The highest BCUT2D eigenvalue weighted by atomic mass is 32.2. The van der Waals surface area contributed by atoms with Crippen LogP contribution in [-0.2, 0) is 25.8 Å². The minimum Gasteiger partial charge on any atom is -0.477 e. The van der Waals surface area contributed by atoms with Crippen molar-refractivity contribution in [3.63, 3.8) is 0 Å². The number of carboxylic acid groups (broad SMARTS) is 1. The molecule has 0 bridgehead atoms. The van der Waals surface area contributed by atoms with Gasteiger partial charge in [-0.15, -0.1) is 28.2 Å². The Morgan fingerprint density at radius 1 is 1.34 bits per heavy atom. The van der Waals surface area contributed by atoms with Crippen LogP contribution in [0.4, 0.5) is 5.13 Å². The van der Waals surface area contributed by atoms with Gasteiger partial charge in [0.15, 0.2) is 10.8 Å². The first-order valence-corrected chi connectivity index (χ1v) is 13.9. The Morgan fingerprint density at radius 3 is 2.84 bits per heavy atom. The first-order chi connectivity index (χ1) is 18.4. The average Bonchev–Trinajstić information content (AvgIpc) is 3.60. The molecule has 4 heterocycles. The Balaban J connectivity index is 1.30. The van der Waals surface area contributed by atoms with E-state index < -0.39 is 29.2 Å². The Kier molecular flexibility index (Phi) is 7.57. The van der Waals surface area contributed by atoms with Gasteiger partial charge in [-0.1, -0.05) is 47.2 Å². The average molecular weight is 574 g/mol. The van der Waals surface area contributed by atoms with Crippen LogP contribution in [0.5, 0.6) is 0 Å². The van der Waals surface area contributed by atoms with Crippen molar-refractivity contribution in [1.82, 2.24) is 35.8 Å². The Bertz CT molecular complexity index is 1410. The van der Waals surface area contributed by atoms with Gasteiger partial charge < -0.3 is 21.0 Å². The minimum atomic E-state index is -1.23. The number of H-pyrrole nitrogens is 1. The second kappa shape index (κ2) is 11.2. The summed E-state index contributed by atoms with van der Waals surface area (Å²) in [6.45, 7) is 0.115. The van der Waals surface area contributed by atoms with Gasteiger partial charge in [-0.05, 0) is 21.6 Å². The van der Waals surface area contributed by atoms with Crippen LogP contribution in [0.3, 0.4) is 0 Å². The van der Waals surface area contributed by atoms with Gasteiger partial charge in [-0.2, -0.15) is 0 Å². The molecular weight excluding hydrogens is 554 g/mol. The maximum Gasteiger partial charge on any atom is 0.352 e. The van der Waals surface area contributed by atoms with Gasteiger partial charge in [-0.25, -0.2) is 14.9 Å². The number of thioether (sulfide) groups is 2. The summed E-state index contributed by atoms with van der Waals surface area (Å²) in [7, 11) is 0. The highest BCUT2D eigenvalue weighted by Gasteiger charge is 2.54. The van der Waals surface area contributed by atoms with E-state index in [2.05, 4.69) is 36.1 Å². The number of tetrazole rings is 1. The molecule has 2 aliphatic heterocycles. The summed E-state index contributed by atoms with van der Waals surface area (Å²) >= 11 is 3.70. The van der Waals surface area contributed by atoms with Crippen LogP contribution in [0.2, 0.25) is 0 Å². The Hall–Kier alpha value is -3.96. The van der Waals surface area contributed by atoms with E-state index in [0.717, 1.165) is 16.9 Å². The van der Waals surface area contributed by atoms with Crippen molar-refractivity contribution in [3.05, 3.63) is 58.2 Å². The van der Waals surface area contributed by atoms with Gasteiger partial charge in [0.05, 0.1) is 0 Å². The fraction of sp³-hybridized carbons (Fsp3) is 0.238. The Labute approximate surface area is 227 Å². The number of carboxylic acids is 1. The van der Waals surface area contributed by atoms with Crippen molar-refractivity contribution in [2.75, 3.05) is 17.2 Å². The predicted molar refractivity (Wildman–Crippen MR) is 139 cm³/mol. The molecule has 14 nitrogen and oxygen atoms in total. The molecule has 0 radical (unpaired) electrons. The summed E-state index contributed by atoms with van der Waals surface area (Å²) in [6.07, 6.45) is 0. The number of aromatic amines is 1. The highest BCUT2D eigenvalue weighted by Crippen LogP contribution is 2.41. The fourth-order valence-corrected chi connectivity index (χ4v) is 6.49. The summed E-state index contributed by atoms with van der Waals surface area (Å²) in [5, 5.41) is 31.5. The monoisotopic (exact) mass is 573 g/mol. The first kappa shape index (κ1) is 25.7. The molecule has 17 heteroatoms. The second-order valence-corrected chi connectivity index (χ2v) is 10.8. The SMILES string of the molecule is Nc1nc(/C(=N\OCc2ccccc2)C(=O)NC2C(=O)N3C(C(=O)O)=C(CSc4nnn[nH]4)CS[C@H]23)cs1. The topological polar surface area (TPSA) is 202 Å². The number of hydrogen-bond acceptors (Lipinski definition) is 13. The number of oxime groups is 1. The van der Waals surface area contributed by atoms with Crippen molar-refractivity contribution in [3.8, 4) is 0 Å². The van der Waals surface area contributed by atoms with E-state index >= 15 is 0 Å². The summed E-state index contributed by atoms with van der Waals surface area (Å²) in [5.41, 5.74) is 7.09. The quantitative estimate of drug-likeness (QED) is 0.115. The molecule has 3 aromatic rings. The number of nitrogen functional groups attached to an aromatic ring is 1. The molecule has 1 aromatic carbocycles. The largest absolute Gasteiger partial charge is 0.477 e. The third kappa shape index (κ3) is 5.34. The molecule has 2 amide bonds. The zero-order chi connectivity index (χ0) is 26.6. The van der Waals surface area contributed by atoms with Crippen molar-refractivity contribution in [1.29, 1.82) is 0 Å². The normalized spacial score (nSPS) is 19.1. The number of aromatic nitrogens is 5. The number of aliphatic carboxylic acids is 1. The van der Waals surface area contributed by atoms with E-state index in [1.807, 2.05) is 30.3 Å². The number of thiazole rings is 1. The number of carbonyl (C=O) groups is 3. The van der Waals surface area contributed by atoms with E-state index in [1.165, 1.54) is 28.4 Å². The summed E-state index contributed by atoms with van der Waals surface area (Å²) in [5.74, 6) is -1.84. The molecule has 0 spiro atoms. The predicted octanol–water partition coefficient (Wildman–Crippen LogP) is 0.690. The number of nitrogens with two attached hydrogens (primary N) is 1. The zero-order valence-corrected chi connectivity index (χ0v) is 21.8. The lowest BCUT2D eigenvalue weighted by molar-refractivity contribution is -0.150. The second-order valence-electron chi connectivity index (χ2n) is 7.88. The lowest BCUT2D eigenvalue weighted by atomic mass is 10.0. The number of hydrogen-bond donors (Lipinski definition) is 4. The molecule has 1 saturated heterocycles. The number of carbonyl (C=O) groups excluding carboxylic acids is 2. The smallest absolute Gasteiger partial charge is 0.352 e. The van der Waals surface area contributed by atoms with Crippen LogP contribution in [0.15, 0.2) is 57.3 Å². The number of nitrogens with one attached hydrogen (secondary N) is 2. The summed E-state index contributed by atoms with van der Waals surface area (Å²) in [6, 6.07) is 8.31. The first-order valence-electron chi connectivity index (χ1n) is 10.9. The van der Waals surface area contributed by atoms with Crippen molar-refractivity contribution in [2.45, 2.75) is 23.2 Å².